The zero-order valence-electron chi connectivity index (χ0n) is 24.4. The third-order valence-corrected chi connectivity index (χ3v) is 6.08. The molecule has 1 aliphatic rings. The lowest BCUT2D eigenvalue weighted by Crippen LogP contribution is -2.24. The number of allylic oxidation sites excluding steroid dienone is 3. The smallest absolute Gasteiger partial charge is 0.420 e. The highest BCUT2D eigenvalue weighted by Gasteiger charge is 2.48. The van der Waals surface area contributed by atoms with Gasteiger partial charge < -0.3 is 18.9 Å². The highest BCUT2D eigenvalue weighted by Crippen LogP contribution is 2.49. The number of benzene rings is 2. The molecule has 0 radical (unpaired) electrons. The Morgan fingerprint density at radius 3 is 1.70 bits per heavy atom. The van der Waals surface area contributed by atoms with E-state index in [1.165, 1.54) is 19.3 Å². The Kier molecular flexibility index (Phi) is 10.2. The number of methoxy groups -OCH3 is 1. The van der Waals surface area contributed by atoms with Gasteiger partial charge in [-0.25, -0.2) is 9.59 Å². The van der Waals surface area contributed by atoms with E-state index in [4.69, 9.17) is 9.47 Å². The van der Waals surface area contributed by atoms with Crippen molar-refractivity contribution in [1.82, 2.24) is 0 Å². The molecule has 1 atom stereocenters. The van der Waals surface area contributed by atoms with Gasteiger partial charge >= 0.3 is 24.3 Å². The van der Waals surface area contributed by atoms with Crippen LogP contribution >= 0.6 is 0 Å². The van der Waals surface area contributed by atoms with E-state index < -0.39 is 58.1 Å². The lowest BCUT2D eigenvalue weighted by atomic mass is 9.94. The van der Waals surface area contributed by atoms with Crippen molar-refractivity contribution in [3.63, 3.8) is 0 Å². The number of carbonyl (C=O) groups excluding carboxylic acids is 2. The van der Waals surface area contributed by atoms with Gasteiger partial charge in [0.2, 0.25) is 0 Å². The number of esters is 2. The Morgan fingerprint density at radius 1 is 0.795 bits per heavy atom. The monoisotopic (exact) mass is 624 g/mol. The average molecular weight is 625 g/mol. The van der Waals surface area contributed by atoms with Crippen molar-refractivity contribution in [2.75, 3.05) is 7.11 Å². The standard InChI is InChI=1S/C32H30F6O6/c1-29(2,3)44-22-10-6-20(7-11-22)8-14-25(39)42-23-12-13-24(28(32(36,37)38)27(23)31(33,34)35)43-26(40)15-9-21-16-18-30(4,41-5)19-17-21/h6-18H,19H2,1-5H3/b14-8+,15-9+. The van der Waals surface area contributed by atoms with Gasteiger partial charge in [0.1, 0.15) is 34.0 Å². The molecule has 1 aliphatic carbocycles. The molecule has 0 saturated carbocycles. The fourth-order valence-electron chi connectivity index (χ4n) is 3.92. The van der Waals surface area contributed by atoms with E-state index in [9.17, 15) is 35.9 Å². The Labute approximate surface area is 250 Å². The molecular formula is C32H30F6O6. The Hall–Kier alpha value is -4.32. The predicted octanol–water partition coefficient (Wildman–Crippen LogP) is 8.27. The zero-order chi connectivity index (χ0) is 32.9. The molecule has 44 heavy (non-hydrogen) atoms. The zero-order valence-corrected chi connectivity index (χ0v) is 24.4. The van der Waals surface area contributed by atoms with Crippen LogP contribution in [0.1, 0.15) is 50.8 Å². The maximum Gasteiger partial charge on any atom is 0.420 e. The third-order valence-electron chi connectivity index (χ3n) is 6.08. The second-order valence-corrected chi connectivity index (χ2v) is 10.9. The summed E-state index contributed by atoms with van der Waals surface area (Å²) >= 11 is 0. The maximum absolute atomic E-state index is 14.0. The van der Waals surface area contributed by atoms with Crippen molar-refractivity contribution >= 4 is 18.0 Å². The van der Waals surface area contributed by atoms with Gasteiger partial charge in [-0.2, -0.15) is 26.3 Å². The molecule has 0 fully saturated rings. The summed E-state index contributed by atoms with van der Waals surface area (Å²) in [5.74, 6) is -5.02. The number of alkyl halides is 6. The van der Waals surface area contributed by atoms with Crippen LogP contribution in [0.25, 0.3) is 6.08 Å². The van der Waals surface area contributed by atoms with E-state index in [0.717, 1.165) is 12.2 Å². The second kappa shape index (κ2) is 13.1. The normalized spacial score (nSPS) is 17.6. The second-order valence-electron chi connectivity index (χ2n) is 10.9. The molecule has 0 aliphatic heterocycles. The van der Waals surface area contributed by atoms with E-state index >= 15 is 0 Å². The van der Waals surface area contributed by atoms with Crippen molar-refractivity contribution < 1.29 is 54.9 Å². The van der Waals surface area contributed by atoms with Crippen molar-refractivity contribution in [2.45, 2.75) is 57.7 Å². The van der Waals surface area contributed by atoms with Gasteiger partial charge in [0.05, 0.1) is 5.60 Å². The van der Waals surface area contributed by atoms with Crippen LogP contribution in [0.3, 0.4) is 0 Å². The maximum atomic E-state index is 14.0. The molecule has 0 heterocycles. The summed E-state index contributed by atoms with van der Waals surface area (Å²) in [5.41, 5.74) is -4.72. The first-order chi connectivity index (χ1) is 20.3. The lowest BCUT2D eigenvalue weighted by Gasteiger charge is -2.25. The molecule has 2 aromatic carbocycles. The molecule has 6 nitrogen and oxygen atoms in total. The van der Waals surface area contributed by atoms with Crippen LogP contribution < -0.4 is 14.2 Å². The SMILES string of the molecule is COC1(C)C=CC(/C=C/C(=O)Oc2ccc(OC(=O)/C=C/c3ccc(OC(C)(C)C)cc3)c(C(F)(F)F)c2C(F)(F)F)=CC1. The molecule has 2 aromatic rings. The van der Waals surface area contributed by atoms with Crippen molar-refractivity contribution in [2.24, 2.45) is 0 Å². The summed E-state index contributed by atoms with van der Waals surface area (Å²) in [6.45, 7) is 7.34. The molecular weight excluding hydrogens is 594 g/mol. The van der Waals surface area contributed by atoms with Gasteiger partial charge in [-0.3, -0.25) is 0 Å². The molecule has 0 saturated heterocycles. The van der Waals surface area contributed by atoms with Crippen LogP contribution in [-0.2, 0) is 26.7 Å². The van der Waals surface area contributed by atoms with Crippen LogP contribution in [0.15, 0.2) is 78.4 Å². The fourth-order valence-corrected chi connectivity index (χ4v) is 3.92. The van der Waals surface area contributed by atoms with Crippen LogP contribution in [0.2, 0.25) is 0 Å². The summed E-state index contributed by atoms with van der Waals surface area (Å²) in [4.78, 5) is 24.7. The lowest BCUT2D eigenvalue weighted by molar-refractivity contribution is -0.164. The van der Waals surface area contributed by atoms with Crippen molar-refractivity contribution in [3.05, 3.63) is 95.1 Å². The summed E-state index contributed by atoms with van der Waals surface area (Å²) < 4.78 is 104. The van der Waals surface area contributed by atoms with E-state index in [1.807, 2.05) is 27.7 Å². The van der Waals surface area contributed by atoms with Gasteiger partial charge in [-0.05, 0) is 81.7 Å². The quantitative estimate of drug-likeness (QED) is 0.127. The first-order valence-electron chi connectivity index (χ1n) is 13.1. The topological polar surface area (TPSA) is 71.1 Å². The molecule has 0 amide bonds. The summed E-state index contributed by atoms with van der Waals surface area (Å²) in [6, 6.07) is 7.28. The predicted molar refractivity (Wildman–Crippen MR) is 150 cm³/mol. The molecule has 1 unspecified atom stereocenters. The first-order valence-corrected chi connectivity index (χ1v) is 13.1. The number of halogens is 6. The Bertz CT molecular complexity index is 1490. The largest absolute Gasteiger partial charge is 0.488 e. The number of rotatable bonds is 8. The minimum atomic E-state index is -5.64. The van der Waals surface area contributed by atoms with Crippen molar-refractivity contribution in [3.8, 4) is 17.2 Å². The van der Waals surface area contributed by atoms with E-state index in [1.54, 1.807) is 42.5 Å². The number of hydrogen-bond acceptors (Lipinski definition) is 6. The summed E-state index contributed by atoms with van der Waals surface area (Å²) in [5, 5.41) is 0. The van der Waals surface area contributed by atoms with E-state index in [0.29, 0.717) is 35.4 Å². The van der Waals surface area contributed by atoms with Crippen molar-refractivity contribution in [1.29, 1.82) is 0 Å². The molecule has 12 heteroatoms. The van der Waals surface area contributed by atoms with Gasteiger partial charge in [0.25, 0.3) is 0 Å². The highest BCUT2D eigenvalue weighted by atomic mass is 19.4. The van der Waals surface area contributed by atoms with E-state index in [-0.39, 0.29) is 0 Å². The number of hydrogen-bond donors (Lipinski definition) is 0. The van der Waals surface area contributed by atoms with Gasteiger partial charge in [-0.1, -0.05) is 30.4 Å². The minimum absolute atomic E-state index is 0.440. The molecule has 3 rings (SSSR count). The van der Waals surface area contributed by atoms with Crippen LogP contribution in [0.4, 0.5) is 26.3 Å². The highest BCUT2D eigenvalue weighted by molar-refractivity contribution is 5.89. The van der Waals surface area contributed by atoms with Crippen LogP contribution in [-0.4, -0.2) is 30.3 Å². The molecule has 0 bridgehead atoms. The van der Waals surface area contributed by atoms with Gasteiger partial charge in [-0.15, -0.1) is 0 Å². The fraction of sp³-hybridized carbons (Fsp3) is 0.312. The third kappa shape index (κ3) is 9.60. The van der Waals surface area contributed by atoms with Gasteiger partial charge in [0.15, 0.2) is 0 Å². The molecule has 0 aromatic heterocycles. The van der Waals surface area contributed by atoms with Gasteiger partial charge in [0, 0.05) is 19.3 Å². The van der Waals surface area contributed by atoms with Crippen LogP contribution in [0, 0.1) is 0 Å². The Balaban J connectivity index is 1.84. The summed E-state index contributed by atoms with van der Waals surface area (Å²) in [7, 11) is 1.51. The first kappa shape index (κ1) is 34.2. The number of ether oxygens (including phenoxy) is 4. The molecule has 236 valence electrons. The Morgan fingerprint density at radius 2 is 1.30 bits per heavy atom. The number of carbonyl (C=O) groups is 2. The minimum Gasteiger partial charge on any atom is -0.488 e. The molecule has 0 spiro atoms. The van der Waals surface area contributed by atoms with E-state index in [2.05, 4.69) is 9.47 Å². The van der Waals surface area contributed by atoms with Crippen LogP contribution in [0.5, 0.6) is 17.2 Å². The summed E-state index contributed by atoms with van der Waals surface area (Å²) in [6.07, 6.45) is -1.85. The average Bonchev–Trinajstić information content (AvgIpc) is 2.91. The molecule has 0 N–H and O–H groups in total.